The van der Waals surface area contributed by atoms with Crippen LogP contribution in [0.25, 0.3) is 74.8 Å². The van der Waals surface area contributed by atoms with Crippen molar-refractivity contribution in [3.05, 3.63) is 164 Å². The third kappa shape index (κ3) is 4.10. The molecule has 0 bridgehead atoms. The second-order valence-corrected chi connectivity index (χ2v) is 13.2. The first kappa shape index (κ1) is 26.3. The summed E-state index contributed by atoms with van der Waals surface area (Å²) in [5.74, 6) is 0. The van der Waals surface area contributed by atoms with E-state index in [9.17, 15) is 0 Å². The zero-order chi connectivity index (χ0) is 30.9. The minimum atomic E-state index is 0.882. The Kier molecular flexibility index (Phi) is 5.78. The van der Waals surface area contributed by atoms with Crippen molar-refractivity contribution in [2.45, 2.75) is 0 Å². The zero-order valence-electron chi connectivity index (χ0n) is 25.4. The summed E-state index contributed by atoms with van der Waals surface area (Å²) in [5, 5.41) is 9.94. The summed E-state index contributed by atoms with van der Waals surface area (Å²) in [6.07, 6.45) is 0. The largest absolute Gasteiger partial charge is 0.456 e. The second kappa shape index (κ2) is 10.3. The SMILES string of the molecule is c1ccc(-c2ccc(N(c3ccc4ccc5ccc6sc7ccccc7c6c5c4c3)c3cccc4oc5ccccc5c34)cc2)cc1. The molecular weight excluding hydrogens is 591 g/mol. The average molecular weight is 618 g/mol. The van der Waals surface area contributed by atoms with E-state index in [2.05, 4.69) is 163 Å². The Bertz CT molecular complexity index is 2790. The van der Waals surface area contributed by atoms with Crippen LogP contribution in [0.4, 0.5) is 17.1 Å². The first-order chi connectivity index (χ1) is 23.3. The Hall–Kier alpha value is -5.90. The molecular formula is C44H27NOS. The van der Waals surface area contributed by atoms with E-state index in [1.165, 1.54) is 52.8 Å². The highest BCUT2D eigenvalue weighted by Gasteiger charge is 2.20. The van der Waals surface area contributed by atoms with E-state index in [1.807, 2.05) is 17.4 Å². The average Bonchev–Trinajstić information content (AvgIpc) is 3.71. The molecule has 0 saturated heterocycles. The van der Waals surface area contributed by atoms with Crippen LogP contribution >= 0.6 is 11.3 Å². The van der Waals surface area contributed by atoms with Crippen LogP contribution in [0.3, 0.4) is 0 Å². The van der Waals surface area contributed by atoms with Gasteiger partial charge in [0.2, 0.25) is 0 Å². The van der Waals surface area contributed by atoms with E-state index in [0.717, 1.165) is 39.0 Å². The van der Waals surface area contributed by atoms with Gasteiger partial charge in [-0.15, -0.1) is 11.3 Å². The lowest BCUT2D eigenvalue weighted by molar-refractivity contribution is 0.669. The molecule has 0 radical (unpaired) electrons. The van der Waals surface area contributed by atoms with Gasteiger partial charge in [-0.3, -0.25) is 0 Å². The maximum atomic E-state index is 6.37. The third-order valence-electron chi connectivity index (χ3n) is 9.44. The van der Waals surface area contributed by atoms with Crippen molar-refractivity contribution in [2.24, 2.45) is 0 Å². The highest BCUT2D eigenvalue weighted by molar-refractivity contribution is 7.26. The minimum Gasteiger partial charge on any atom is -0.456 e. The van der Waals surface area contributed by atoms with Gasteiger partial charge in [-0.2, -0.15) is 0 Å². The monoisotopic (exact) mass is 617 g/mol. The van der Waals surface area contributed by atoms with E-state index < -0.39 is 0 Å². The van der Waals surface area contributed by atoms with Gasteiger partial charge in [-0.1, -0.05) is 109 Å². The minimum absolute atomic E-state index is 0.882. The number of thiophene rings is 1. The van der Waals surface area contributed by atoms with Crippen molar-refractivity contribution in [3.63, 3.8) is 0 Å². The van der Waals surface area contributed by atoms with Gasteiger partial charge in [0.1, 0.15) is 11.2 Å². The number of hydrogen-bond acceptors (Lipinski definition) is 3. The van der Waals surface area contributed by atoms with Crippen LogP contribution in [0.2, 0.25) is 0 Å². The van der Waals surface area contributed by atoms with Crippen LogP contribution in [0.15, 0.2) is 168 Å². The molecule has 8 aromatic carbocycles. The number of anilines is 3. The number of nitrogens with zero attached hydrogens (tertiary/aromatic N) is 1. The lowest BCUT2D eigenvalue weighted by Gasteiger charge is -2.27. The molecule has 0 aliphatic heterocycles. The van der Waals surface area contributed by atoms with Gasteiger partial charge in [0.05, 0.1) is 11.1 Å². The van der Waals surface area contributed by atoms with Crippen molar-refractivity contribution in [3.8, 4) is 11.1 Å². The summed E-state index contributed by atoms with van der Waals surface area (Å²) in [5.41, 5.74) is 7.46. The summed E-state index contributed by atoms with van der Waals surface area (Å²) in [4.78, 5) is 2.39. The highest BCUT2D eigenvalue weighted by atomic mass is 32.1. The number of rotatable bonds is 4. The van der Waals surface area contributed by atoms with E-state index in [4.69, 9.17) is 4.42 Å². The molecule has 2 heterocycles. The van der Waals surface area contributed by atoms with Crippen LogP contribution in [0.5, 0.6) is 0 Å². The standard InChI is InChI=1S/C44H27NOS/c1-2-9-28(10-3-1)29-19-23-32(24-20-29)45(37-13-8-15-39-43(37)34-11-4-6-14-38(34)46-39)33-25-21-30-17-18-31-22-26-41-44(42(31)36(30)27-33)35-12-5-7-16-40(35)47-41/h1-27H. The zero-order valence-corrected chi connectivity index (χ0v) is 26.2. The Morgan fingerprint density at radius 3 is 1.98 bits per heavy atom. The number of furan rings is 1. The van der Waals surface area contributed by atoms with Crippen LogP contribution in [-0.2, 0) is 0 Å². The highest BCUT2D eigenvalue weighted by Crippen LogP contribution is 2.46. The molecule has 2 aromatic heterocycles. The second-order valence-electron chi connectivity index (χ2n) is 12.1. The van der Waals surface area contributed by atoms with Crippen LogP contribution in [0, 0.1) is 0 Å². The molecule has 0 amide bonds. The van der Waals surface area contributed by atoms with Crippen molar-refractivity contribution in [2.75, 3.05) is 4.90 Å². The molecule has 220 valence electrons. The number of hydrogen-bond donors (Lipinski definition) is 0. The van der Waals surface area contributed by atoms with Gasteiger partial charge < -0.3 is 9.32 Å². The molecule has 0 spiro atoms. The summed E-state index contributed by atoms with van der Waals surface area (Å²) in [7, 11) is 0. The maximum absolute atomic E-state index is 6.37. The van der Waals surface area contributed by atoms with Crippen LogP contribution < -0.4 is 4.90 Å². The van der Waals surface area contributed by atoms with Gasteiger partial charge >= 0.3 is 0 Å². The summed E-state index contributed by atoms with van der Waals surface area (Å²) >= 11 is 1.87. The van der Waals surface area contributed by atoms with E-state index >= 15 is 0 Å². The van der Waals surface area contributed by atoms with Gasteiger partial charge in [0, 0.05) is 36.9 Å². The molecule has 47 heavy (non-hydrogen) atoms. The predicted octanol–water partition coefficient (Wildman–Crippen LogP) is 13.4. The molecule has 0 fully saturated rings. The van der Waals surface area contributed by atoms with Gasteiger partial charge in [-0.25, -0.2) is 0 Å². The Labute approximate surface area is 275 Å². The lowest BCUT2D eigenvalue weighted by atomic mass is 9.96. The van der Waals surface area contributed by atoms with E-state index in [-0.39, 0.29) is 0 Å². The molecule has 2 nitrogen and oxygen atoms in total. The van der Waals surface area contributed by atoms with Crippen molar-refractivity contribution in [1.29, 1.82) is 0 Å². The number of para-hydroxylation sites is 1. The summed E-state index contributed by atoms with van der Waals surface area (Å²) in [6, 6.07) is 59.0. The predicted molar refractivity (Wildman–Crippen MR) is 202 cm³/mol. The normalized spacial score (nSPS) is 11.8. The Morgan fingerprint density at radius 1 is 0.404 bits per heavy atom. The van der Waals surface area contributed by atoms with Crippen molar-refractivity contribution in [1.82, 2.24) is 0 Å². The van der Waals surface area contributed by atoms with E-state index in [1.54, 1.807) is 0 Å². The molecule has 3 heteroatoms. The smallest absolute Gasteiger partial charge is 0.137 e. The van der Waals surface area contributed by atoms with Gasteiger partial charge in [0.15, 0.2) is 0 Å². The lowest BCUT2D eigenvalue weighted by Crippen LogP contribution is -2.10. The summed E-state index contributed by atoms with van der Waals surface area (Å²) < 4.78 is 9.01. The van der Waals surface area contributed by atoms with Crippen LogP contribution in [0.1, 0.15) is 0 Å². The molecule has 0 atom stereocenters. The first-order valence-corrected chi connectivity index (χ1v) is 16.7. The molecule has 0 saturated carbocycles. The molecule has 0 aliphatic carbocycles. The molecule has 0 aliphatic rings. The molecule has 10 rings (SSSR count). The van der Waals surface area contributed by atoms with Crippen molar-refractivity contribution < 1.29 is 4.42 Å². The van der Waals surface area contributed by atoms with Gasteiger partial charge in [-0.05, 0) is 87.3 Å². The summed E-state index contributed by atoms with van der Waals surface area (Å²) in [6.45, 7) is 0. The number of fused-ring (bicyclic) bond motifs is 10. The first-order valence-electron chi connectivity index (χ1n) is 15.9. The topological polar surface area (TPSA) is 16.4 Å². The molecule has 0 unspecified atom stereocenters. The molecule has 10 aromatic rings. The van der Waals surface area contributed by atoms with E-state index in [0.29, 0.717) is 0 Å². The van der Waals surface area contributed by atoms with Crippen LogP contribution in [-0.4, -0.2) is 0 Å². The fourth-order valence-corrected chi connectivity index (χ4v) is 8.40. The maximum Gasteiger partial charge on any atom is 0.137 e. The van der Waals surface area contributed by atoms with Gasteiger partial charge in [0.25, 0.3) is 0 Å². The third-order valence-corrected chi connectivity index (χ3v) is 10.6. The fourth-order valence-electron chi connectivity index (χ4n) is 7.29. The fraction of sp³-hybridized carbons (Fsp3) is 0. The number of benzene rings is 8. The molecule has 0 N–H and O–H groups in total. The quantitative estimate of drug-likeness (QED) is 0.183. The Morgan fingerprint density at radius 2 is 1.09 bits per heavy atom. The Balaban J connectivity index is 1.27. The van der Waals surface area contributed by atoms with Crippen molar-refractivity contribution >= 4 is 92.1 Å².